The summed E-state index contributed by atoms with van der Waals surface area (Å²) in [6, 6.07) is 11.2. The summed E-state index contributed by atoms with van der Waals surface area (Å²) < 4.78 is 10.5. The third-order valence-electron chi connectivity index (χ3n) is 3.18. The minimum absolute atomic E-state index is 0.0897. The average Bonchev–Trinajstić information content (AvgIpc) is 3.09. The van der Waals surface area contributed by atoms with Gasteiger partial charge in [-0.15, -0.1) is 5.10 Å². The van der Waals surface area contributed by atoms with Gasteiger partial charge in [0.15, 0.2) is 5.76 Å². The van der Waals surface area contributed by atoms with E-state index in [-0.39, 0.29) is 11.3 Å². The maximum Gasteiger partial charge on any atom is 0.338 e. The van der Waals surface area contributed by atoms with E-state index in [4.69, 9.17) is 14.3 Å². The Morgan fingerprint density at radius 2 is 1.88 bits per heavy atom. The number of hydrogen-bond acceptors (Lipinski definition) is 6. The molecule has 2 aromatic heterocycles. The highest BCUT2D eigenvalue weighted by Crippen LogP contribution is 2.21. The maximum absolute atomic E-state index is 12.0. The second-order valence-corrected chi connectivity index (χ2v) is 5.10. The van der Waals surface area contributed by atoms with Crippen molar-refractivity contribution >= 4 is 17.6 Å². The van der Waals surface area contributed by atoms with Gasteiger partial charge in [-0.05, 0) is 37.3 Å². The number of aromatic nitrogens is 2. The molecule has 3 aromatic rings. The minimum Gasteiger partial charge on any atom is -0.478 e. The SMILES string of the molecule is Cc1ccc(Oc2ccc(NC(=O)c3cc(C(=O)O)co3)cc2)nn1. The number of nitrogens with zero attached hydrogens (tertiary/aromatic N) is 2. The van der Waals surface area contributed by atoms with Gasteiger partial charge in [0, 0.05) is 17.8 Å². The molecule has 0 spiro atoms. The van der Waals surface area contributed by atoms with Gasteiger partial charge in [-0.3, -0.25) is 4.79 Å². The fourth-order valence-corrected chi connectivity index (χ4v) is 1.93. The van der Waals surface area contributed by atoms with Crippen molar-refractivity contribution < 1.29 is 23.8 Å². The van der Waals surface area contributed by atoms with Gasteiger partial charge in [-0.2, -0.15) is 5.10 Å². The molecule has 25 heavy (non-hydrogen) atoms. The molecule has 1 aromatic carbocycles. The molecule has 0 saturated carbocycles. The Bertz CT molecular complexity index is 901. The van der Waals surface area contributed by atoms with Crippen LogP contribution in [-0.4, -0.2) is 27.2 Å². The van der Waals surface area contributed by atoms with Crippen molar-refractivity contribution in [2.75, 3.05) is 5.32 Å². The van der Waals surface area contributed by atoms with Gasteiger partial charge in [-0.1, -0.05) is 0 Å². The summed E-state index contributed by atoms with van der Waals surface area (Å²) in [5.74, 6) is -0.914. The number of amides is 1. The lowest BCUT2D eigenvalue weighted by Gasteiger charge is -2.06. The van der Waals surface area contributed by atoms with E-state index in [1.807, 2.05) is 6.92 Å². The molecule has 1 amide bonds. The van der Waals surface area contributed by atoms with Crippen molar-refractivity contribution in [2.45, 2.75) is 6.92 Å². The maximum atomic E-state index is 12.0. The Morgan fingerprint density at radius 3 is 2.48 bits per heavy atom. The summed E-state index contributed by atoms with van der Waals surface area (Å²) in [6.07, 6.45) is 1.01. The van der Waals surface area contributed by atoms with E-state index in [2.05, 4.69) is 15.5 Å². The van der Waals surface area contributed by atoms with Crippen molar-refractivity contribution in [3.05, 3.63) is 65.7 Å². The molecule has 0 aliphatic rings. The summed E-state index contributed by atoms with van der Waals surface area (Å²) in [5.41, 5.74) is 1.20. The quantitative estimate of drug-likeness (QED) is 0.734. The molecule has 0 bridgehead atoms. The van der Waals surface area contributed by atoms with Gasteiger partial charge in [0.1, 0.15) is 12.0 Å². The Hall–Kier alpha value is -3.68. The number of nitrogens with one attached hydrogen (secondary N) is 1. The molecule has 2 heterocycles. The number of aryl methyl sites for hydroxylation is 1. The van der Waals surface area contributed by atoms with Crippen molar-refractivity contribution in [1.29, 1.82) is 0 Å². The molecule has 8 heteroatoms. The van der Waals surface area contributed by atoms with Gasteiger partial charge in [0.2, 0.25) is 5.88 Å². The first kappa shape index (κ1) is 16.2. The number of rotatable bonds is 5. The van der Waals surface area contributed by atoms with Gasteiger partial charge >= 0.3 is 5.97 Å². The molecular weight excluding hydrogens is 326 g/mol. The third kappa shape index (κ3) is 3.99. The number of furan rings is 1. The van der Waals surface area contributed by atoms with Crippen LogP contribution < -0.4 is 10.1 Å². The van der Waals surface area contributed by atoms with E-state index >= 15 is 0 Å². The first-order valence-electron chi connectivity index (χ1n) is 7.23. The van der Waals surface area contributed by atoms with Crippen molar-refractivity contribution in [2.24, 2.45) is 0 Å². The van der Waals surface area contributed by atoms with E-state index in [1.54, 1.807) is 36.4 Å². The molecule has 0 aliphatic heterocycles. The lowest BCUT2D eigenvalue weighted by molar-refractivity contribution is 0.0696. The zero-order chi connectivity index (χ0) is 17.8. The van der Waals surface area contributed by atoms with Crippen LogP contribution in [0.3, 0.4) is 0 Å². The average molecular weight is 339 g/mol. The van der Waals surface area contributed by atoms with Gasteiger partial charge in [-0.25, -0.2) is 4.79 Å². The smallest absolute Gasteiger partial charge is 0.338 e. The van der Waals surface area contributed by atoms with E-state index in [0.29, 0.717) is 17.3 Å². The largest absolute Gasteiger partial charge is 0.478 e. The molecular formula is C17H13N3O5. The zero-order valence-corrected chi connectivity index (χ0v) is 13.1. The lowest BCUT2D eigenvalue weighted by atomic mass is 10.2. The van der Waals surface area contributed by atoms with E-state index in [0.717, 1.165) is 18.0 Å². The highest BCUT2D eigenvalue weighted by molar-refractivity contribution is 6.03. The Balaban J connectivity index is 1.64. The van der Waals surface area contributed by atoms with Crippen LogP contribution in [0.25, 0.3) is 0 Å². The number of benzene rings is 1. The van der Waals surface area contributed by atoms with Crippen molar-refractivity contribution in [1.82, 2.24) is 10.2 Å². The van der Waals surface area contributed by atoms with Crippen LogP contribution >= 0.6 is 0 Å². The summed E-state index contributed by atoms with van der Waals surface area (Å²) in [6.45, 7) is 1.83. The molecule has 8 nitrogen and oxygen atoms in total. The number of aromatic carboxylic acids is 1. The van der Waals surface area contributed by atoms with Crippen LogP contribution in [0.4, 0.5) is 5.69 Å². The third-order valence-corrected chi connectivity index (χ3v) is 3.18. The second-order valence-electron chi connectivity index (χ2n) is 5.10. The van der Waals surface area contributed by atoms with Crippen LogP contribution in [0.15, 0.2) is 53.1 Å². The molecule has 0 fully saturated rings. The Labute approximate surface area is 142 Å². The van der Waals surface area contributed by atoms with Crippen LogP contribution in [0.2, 0.25) is 0 Å². The van der Waals surface area contributed by atoms with E-state index < -0.39 is 11.9 Å². The number of carboxylic acid groups (broad SMARTS) is 1. The van der Waals surface area contributed by atoms with E-state index in [9.17, 15) is 9.59 Å². The number of hydrogen-bond donors (Lipinski definition) is 2. The van der Waals surface area contributed by atoms with Crippen LogP contribution in [0.1, 0.15) is 26.6 Å². The standard InChI is InChI=1S/C17H13N3O5/c1-10-2-7-15(20-19-10)25-13-5-3-12(4-6-13)18-16(21)14-8-11(9-24-14)17(22)23/h2-9H,1H3,(H,18,21)(H,22,23). The summed E-state index contributed by atoms with van der Waals surface area (Å²) in [4.78, 5) is 22.8. The molecule has 0 radical (unpaired) electrons. The molecule has 126 valence electrons. The molecule has 0 atom stereocenters. The predicted molar refractivity (Wildman–Crippen MR) is 86.9 cm³/mol. The van der Waals surface area contributed by atoms with Crippen LogP contribution in [0.5, 0.6) is 11.6 Å². The van der Waals surface area contributed by atoms with E-state index in [1.165, 1.54) is 0 Å². The number of ether oxygens (including phenoxy) is 1. The molecule has 0 unspecified atom stereocenters. The summed E-state index contributed by atoms with van der Waals surface area (Å²) in [7, 11) is 0. The number of anilines is 1. The van der Waals surface area contributed by atoms with Crippen LogP contribution in [-0.2, 0) is 0 Å². The summed E-state index contributed by atoms with van der Waals surface area (Å²) in [5, 5.41) is 19.2. The number of carboxylic acids is 1. The Morgan fingerprint density at radius 1 is 1.12 bits per heavy atom. The zero-order valence-electron chi connectivity index (χ0n) is 13.1. The van der Waals surface area contributed by atoms with Gasteiger partial charge < -0.3 is 19.6 Å². The van der Waals surface area contributed by atoms with Gasteiger partial charge in [0.25, 0.3) is 5.91 Å². The normalized spacial score (nSPS) is 10.3. The lowest BCUT2D eigenvalue weighted by Crippen LogP contribution is -2.10. The highest BCUT2D eigenvalue weighted by atomic mass is 16.5. The highest BCUT2D eigenvalue weighted by Gasteiger charge is 2.14. The van der Waals surface area contributed by atoms with Gasteiger partial charge in [0.05, 0.1) is 11.3 Å². The van der Waals surface area contributed by atoms with Crippen LogP contribution in [0, 0.1) is 6.92 Å². The number of carbonyl (C=O) groups is 2. The second kappa shape index (κ2) is 6.83. The molecule has 0 saturated heterocycles. The molecule has 2 N–H and O–H groups in total. The van der Waals surface area contributed by atoms with Crippen molar-refractivity contribution in [3.8, 4) is 11.6 Å². The molecule has 0 aliphatic carbocycles. The minimum atomic E-state index is -1.16. The Kier molecular flexibility index (Phi) is 4.42. The molecule has 3 rings (SSSR count). The van der Waals surface area contributed by atoms with Crippen molar-refractivity contribution in [3.63, 3.8) is 0 Å². The fraction of sp³-hybridized carbons (Fsp3) is 0.0588. The topological polar surface area (TPSA) is 115 Å². The fourth-order valence-electron chi connectivity index (χ4n) is 1.93. The first-order valence-corrected chi connectivity index (χ1v) is 7.23. The predicted octanol–water partition coefficient (Wildman–Crippen LogP) is 3.12. The monoisotopic (exact) mass is 339 g/mol. The number of carbonyl (C=O) groups excluding carboxylic acids is 1. The first-order chi connectivity index (χ1) is 12.0. The summed E-state index contributed by atoms with van der Waals surface area (Å²) >= 11 is 0.